The number of nitrogens with zero attached hydrogens (tertiary/aromatic N) is 2. The van der Waals surface area contributed by atoms with Crippen molar-refractivity contribution in [1.82, 2.24) is 20.4 Å². The van der Waals surface area contributed by atoms with Gasteiger partial charge < -0.3 is 30.6 Å². The van der Waals surface area contributed by atoms with Gasteiger partial charge in [0.25, 0.3) is 0 Å². The summed E-state index contributed by atoms with van der Waals surface area (Å²) in [5, 5.41) is 25.3. The number of allylic oxidation sites excluding steroid dienone is 2. The molecule has 0 spiro atoms. The van der Waals surface area contributed by atoms with Crippen LogP contribution in [0, 0.1) is 29.6 Å². The Morgan fingerprint density at radius 3 is 1.62 bits per heavy atom. The van der Waals surface area contributed by atoms with Crippen molar-refractivity contribution in [3.05, 3.63) is 23.3 Å². The molecule has 0 aromatic heterocycles. The van der Waals surface area contributed by atoms with Crippen molar-refractivity contribution < 1.29 is 29.4 Å². The van der Waals surface area contributed by atoms with Crippen LogP contribution >= 0.6 is 0 Å². The molecule has 37 heavy (non-hydrogen) atoms. The second kappa shape index (κ2) is 10.6. The van der Waals surface area contributed by atoms with Crippen LogP contribution in [0.25, 0.3) is 0 Å². The third-order valence-electron chi connectivity index (χ3n) is 9.45. The molecule has 2 amide bonds. The molecule has 202 valence electrons. The lowest BCUT2D eigenvalue weighted by Crippen LogP contribution is -2.58. The molecular formula is C27H38N4O6. The average Bonchev–Trinajstić information content (AvgIpc) is 2.90. The molecule has 6 fully saturated rings. The van der Waals surface area contributed by atoms with E-state index in [0.29, 0.717) is 36.1 Å². The van der Waals surface area contributed by atoms with Crippen molar-refractivity contribution in [2.24, 2.45) is 29.6 Å². The standard InChI is InChI=1S/C27H38N4O6/c1-15-12-18(24(32)28-22(26(34)35)20-13-30-8-4-16(20)5-9-30)2-3-19(15)25(33)29-23(27(36)37)21-14-31-10-6-17(21)7-11-31/h2-3,15-17,20-23H,4-14H2,1H3,(H,28,32)(H,29,33)(H,34,35)(H,36,37)/t15?,20-,21-,22?,23?/m0/s1. The van der Waals surface area contributed by atoms with Gasteiger partial charge in [0, 0.05) is 36.1 Å². The highest BCUT2D eigenvalue weighted by atomic mass is 16.4. The quantitative estimate of drug-likeness (QED) is 0.371. The Labute approximate surface area is 217 Å². The number of piperidine rings is 6. The average molecular weight is 515 g/mol. The summed E-state index contributed by atoms with van der Waals surface area (Å²) in [4.78, 5) is 54.9. The van der Waals surface area contributed by atoms with Gasteiger partial charge in [0.2, 0.25) is 11.8 Å². The number of amides is 2. The van der Waals surface area contributed by atoms with Gasteiger partial charge in [-0.1, -0.05) is 19.1 Å². The fraction of sp³-hybridized carbons (Fsp3) is 0.704. The molecule has 1 aliphatic carbocycles. The maximum absolute atomic E-state index is 13.1. The van der Waals surface area contributed by atoms with Crippen molar-refractivity contribution in [2.75, 3.05) is 39.3 Å². The number of nitrogens with one attached hydrogen (secondary N) is 2. The summed E-state index contributed by atoms with van der Waals surface area (Å²) in [5.74, 6) is -2.77. The Balaban J connectivity index is 1.24. The molecule has 7 aliphatic rings. The molecule has 6 aliphatic heterocycles. The highest BCUT2D eigenvalue weighted by molar-refractivity contribution is 6.00. The largest absolute Gasteiger partial charge is 0.480 e. The van der Waals surface area contributed by atoms with Crippen LogP contribution in [0.5, 0.6) is 0 Å². The van der Waals surface area contributed by atoms with Gasteiger partial charge in [-0.3, -0.25) is 9.59 Å². The van der Waals surface area contributed by atoms with Gasteiger partial charge in [-0.05, 0) is 76.0 Å². The molecule has 0 saturated carbocycles. The van der Waals surface area contributed by atoms with Crippen LogP contribution in [-0.4, -0.2) is 95.1 Å². The van der Waals surface area contributed by atoms with E-state index in [1.165, 1.54) is 0 Å². The summed E-state index contributed by atoms with van der Waals surface area (Å²) >= 11 is 0. The van der Waals surface area contributed by atoms with Crippen LogP contribution < -0.4 is 10.6 Å². The van der Waals surface area contributed by atoms with Crippen molar-refractivity contribution in [3.63, 3.8) is 0 Å². The highest BCUT2D eigenvalue weighted by Crippen LogP contribution is 2.36. The molecule has 5 atom stereocenters. The summed E-state index contributed by atoms with van der Waals surface area (Å²) in [6.45, 7) is 7.16. The van der Waals surface area contributed by atoms with Crippen LogP contribution in [0.3, 0.4) is 0 Å². The molecule has 7 rings (SSSR count). The highest BCUT2D eigenvalue weighted by Gasteiger charge is 2.44. The Hall–Kier alpha value is -2.72. The lowest BCUT2D eigenvalue weighted by molar-refractivity contribution is -0.146. The molecule has 10 nitrogen and oxygen atoms in total. The Morgan fingerprint density at radius 2 is 1.24 bits per heavy atom. The van der Waals surface area contributed by atoms with Gasteiger partial charge in [-0.2, -0.15) is 0 Å². The molecule has 6 heterocycles. The van der Waals surface area contributed by atoms with Crippen molar-refractivity contribution in [1.29, 1.82) is 0 Å². The van der Waals surface area contributed by atoms with Crippen molar-refractivity contribution in [2.45, 2.75) is 51.1 Å². The van der Waals surface area contributed by atoms with Crippen LogP contribution in [0.15, 0.2) is 23.3 Å². The van der Waals surface area contributed by atoms with Gasteiger partial charge in [-0.15, -0.1) is 0 Å². The summed E-state index contributed by atoms with van der Waals surface area (Å²) in [7, 11) is 0. The Bertz CT molecular complexity index is 1010. The van der Waals surface area contributed by atoms with Gasteiger partial charge in [0.05, 0.1) is 0 Å². The van der Waals surface area contributed by atoms with Crippen LogP contribution in [0.2, 0.25) is 0 Å². The topological polar surface area (TPSA) is 139 Å². The second-order valence-electron chi connectivity index (χ2n) is 11.6. The SMILES string of the molecule is CC1CC(C(=O)NC(C(=O)O)[C@H]2CN3CCC2CC3)=CC=C1C(=O)NC(C(=O)O)[C@H]1CN2CCC1CC2. The van der Waals surface area contributed by atoms with Crippen LogP contribution in [0.1, 0.15) is 39.0 Å². The first kappa shape index (κ1) is 25.9. The zero-order chi connectivity index (χ0) is 26.3. The second-order valence-corrected chi connectivity index (χ2v) is 11.6. The van der Waals surface area contributed by atoms with Gasteiger partial charge in [-0.25, -0.2) is 9.59 Å². The molecular weight excluding hydrogens is 476 g/mol. The summed E-state index contributed by atoms with van der Waals surface area (Å²) in [6.07, 6.45) is 7.28. The molecule has 6 saturated heterocycles. The molecule has 0 aromatic carbocycles. The third kappa shape index (κ3) is 5.31. The lowest BCUT2D eigenvalue weighted by atomic mass is 9.75. The van der Waals surface area contributed by atoms with Gasteiger partial charge >= 0.3 is 11.9 Å². The summed E-state index contributed by atoms with van der Waals surface area (Å²) in [6, 6.07) is -1.89. The van der Waals surface area contributed by atoms with E-state index in [0.717, 1.165) is 51.9 Å². The minimum atomic E-state index is -1.01. The maximum atomic E-state index is 13.1. The molecule has 10 heteroatoms. The number of carboxylic acid groups (broad SMARTS) is 2. The fourth-order valence-electron chi connectivity index (χ4n) is 7.27. The zero-order valence-corrected chi connectivity index (χ0v) is 21.4. The first-order chi connectivity index (χ1) is 17.7. The van der Waals surface area contributed by atoms with Gasteiger partial charge in [0.15, 0.2) is 0 Å². The number of carboxylic acids is 2. The normalized spacial score (nSPS) is 36.1. The predicted molar refractivity (Wildman–Crippen MR) is 134 cm³/mol. The summed E-state index contributed by atoms with van der Waals surface area (Å²) < 4.78 is 0. The van der Waals surface area contributed by atoms with Crippen LogP contribution in [0.4, 0.5) is 0 Å². The van der Waals surface area contributed by atoms with Crippen LogP contribution in [-0.2, 0) is 19.2 Å². The van der Waals surface area contributed by atoms with Gasteiger partial charge in [0.1, 0.15) is 12.1 Å². The van der Waals surface area contributed by atoms with E-state index in [2.05, 4.69) is 20.4 Å². The number of hydrogen-bond acceptors (Lipinski definition) is 6. The minimum Gasteiger partial charge on any atom is -0.480 e. The number of carbonyl (C=O) groups excluding carboxylic acids is 2. The lowest BCUT2D eigenvalue weighted by Gasteiger charge is -2.46. The van der Waals surface area contributed by atoms with E-state index in [4.69, 9.17) is 0 Å². The first-order valence-corrected chi connectivity index (χ1v) is 13.6. The predicted octanol–water partition coefficient (Wildman–Crippen LogP) is 0.701. The van der Waals surface area contributed by atoms with Crippen molar-refractivity contribution >= 4 is 23.8 Å². The fourth-order valence-corrected chi connectivity index (χ4v) is 7.27. The zero-order valence-electron chi connectivity index (χ0n) is 21.4. The number of fused-ring (bicyclic) bond motifs is 6. The van der Waals surface area contributed by atoms with E-state index < -0.39 is 35.8 Å². The smallest absolute Gasteiger partial charge is 0.326 e. The number of rotatable bonds is 8. The van der Waals surface area contributed by atoms with E-state index in [1.54, 1.807) is 12.2 Å². The maximum Gasteiger partial charge on any atom is 0.326 e. The molecule has 0 radical (unpaired) electrons. The third-order valence-corrected chi connectivity index (χ3v) is 9.45. The number of aliphatic carboxylic acids is 2. The first-order valence-electron chi connectivity index (χ1n) is 13.6. The Morgan fingerprint density at radius 1 is 0.784 bits per heavy atom. The van der Waals surface area contributed by atoms with Crippen molar-refractivity contribution in [3.8, 4) is 0 Å². The summed E-state index contributed by atoms with van der Waals surface area (Å²) in [5.41, 5.74) is 0.875. The monoisotopic (exact) mass is 514 g/mol. The molecule has 0 aromatic rings. The van der Waals surface area contributed by atoms with E-state index in [9.17, 15) is 29.4 Å². The minimum absolute atomic E-state index is 0.109. The number of hydrogen-bond donors (Lipinski definition) is 4. The molecule has 4 bridgehead atoms. The number of carbonyl (C=O) groups is 4. The van der Waals surface area contributed by atoms with E-state index in [1.807, 2.05) is 6.92 Å². The van der Waals surface area contributed by atoms with E-state index in [-0.39, 0.29) is 24.2 Å². The molecule has 4 N–H and O–H groups in total. The Kier molecular flexibility index (Phi) is 7.40. The van der Waals surface area contributed by atoms with E-state index >= 15 is 0 Å². The molecule has 3 unspecified atom stereocenters.